The molecular weight excluding hydrogens is 216 g/mol. The van der Waals surface area contributed by atoms with E-state index < -0.39 is 5.54 Å². The lowest BCUT2D eigenvalue weighted by molar-refractivity contribution is -0.147. The maximum Gasteiger partial charge on any atom is 0.325 e. The van der Waals surface area contributed by atoms with Gasteiger partial charge in [-0.3, -0.25) is 9.69 Å². The number of carbonyl (C=O) groups excluding carboxylic acids is 1. The van der Waals surface area contributed by atoms with E-state index in [0.717, 1.165) is 25.8 Å². The predicted molar refractivity (Wildman–Crippen MR) is 66.6 cm³/mol. The summed E-state index contributed by atoms with van der Waals surface area (Å²) in [6.45, 7) is 5.71. The molecule has 2 fully saturated rings. The largest absolute Gasteiger partial charge is 0.468 e. The van der Waals surface area contributed by atoms with E-state index in [2.05, 4.69) is 18.7 Å². The van der Waals surface area contributed by atoms with Gasteiger partial charge in [-0.2, -0.15) is 0 Å². The Hall–Kier alpha value is -0.610. The van der Waals surface area contributed by atoms with Crippen molar-refractivity contribution in [3.63, 3.8) is 0 Å². The number of ether oxygens (including phenoxy) is 1. The van der Waals surface area contributed by atoms with Crippen LogP contribution in [0.3, 0.4) is 0 Å². The molecule has 4 nitrogen and oxygen atoms in total. The van der Waals surface area contributed by atoms with E-state index in [0.29, 0.717) is 6.04 Å². The van der Waals surface area contributed by atoms with Gasteiger partial charge in [-0.1, -0.05) is 0 Å². The second-order valence-electron chi connectivity index (χ2n) is 6.15. The Morgan fingerprint density at radius 2 is 2.12 bits per heavy atom. The molecule has 2 atom stereocenters. The van der Waals surface area contributed by atoms with Crippen molar-refractivity contribution in [2.24, 2.45) is 5.73 Å². The molecule has 1 aliphatic carbocycles. The predicted octanol–water partition coefficient (Wildman–Crippen LogP) is 1.28. The summed E-state index contributed by atoms with van der Waals surface area (Å²) in [4.78, 5) is 14.2. The fourth-order valence-corrected chi connectivity index (χ4v) is 3.51. The Labute approximate surface area is 103 Å². The summed E-state index contributed by atoms with van der Waals surface area (Å²) in [5, 5.41) is 0. The van der Waals surface area contributed by atoms with Gasteiger partial charge in [0.15, 0.2) is 0 Å². The quantitative estimate of drug-likeness (QED) is 0.739. The first-order chi connectivity index (χ1) is 7.89. The molecule has 0 spiro atoms. The molecule has 1 aliphatic heterocycles. The van der Waals surface area contributed by atoms with Gasteiger partial charge in [0.1, 0.15) is 5.54 Å². The van der Waals surface area contributed by atoms with Gasteiger partial charge in [-0.05, 0) is 52.5 Å². The van der Waals surface area contributed by atoms with Gasteiger partial charge in [0, 0.05) is 11.6 Å². The second-order valence-corrected chi connectivity index (χ2v) is 6.15. The zero-order valence-corrected chi connectivity index (χ0v) is 11.2. The third kappa shape index (κ3) is 2.20. The molecule has 17 heavy (non-hydrogen) atoms. The fourth-order valence-electron chi connectivity index (χ4n) is 3.51. The molecule has 1 saturated heterocycles. The molecular formula is C13H24N2O2. The minimum absolute atomic E-state index is 0.253. The number of likely N-dealkylation sites (tertiary alicyclic amines) is 1. The standard InChI is InChI=1S/C13H24N2O2/c1-12(2)6-4-8-15(12)10-5-7-13(14,9-10)11(16)17-3/h10H,4-9,14H2,1-3H3. The topological polar surface area (TPSA) is 55.6 Å². The van der Waals surface area contributed by atoms with Crippen molar-refractivity contribution in [1.29, 1.82) is 0 Å². The molecule has 1 heterocycles. The molecule has 1 saturated carbocycles. The number of methoxy groups -OCH3 is 1. The first kappa shape index (κ1) is 12.8. The van der Waals surface area contributed by atoms with Crippen LogP contribution in [-0.2, 0) is 9.53 Å². The average Bonchev–Trinajstić information content (AvgIpc) is 2.81. The summed E-state index contributed by atoms with van der Waals surface area (Å²) in [5.41, 5.74) is 5.66. The van der Waals surface area contributed by atoms with E-state index in [1.807, 2.05) is 0 Å². The molecule has 0 bridgehead atoms. The van der Waals surface area contributed by atoms with E-state index >= 15 is 0 Å². The molecule has 0 aromatic rings. The van der Waals surface area contributed by atoms with E-state index in [1.54, 1.807) is 0 Å². The molecule has 2 N–H and O–H groups in total. The minimum atomic E-state index is -0.752. The summed E-state index contributed by atoms with van der Waals surface area (Å²) in [6, 6.07) is 0.441. The van der Waals surface area contributed by atoms with Gasteiger partial charge in [0.2, 0.25) is 0 Å². The second kappa shape index (κ2) is 4.25. The van der Waals surface area contributed by atoms with Crippen LogP contribution >= 0.6 is 0 Å². The summed E-state index contributed by atoms with van der Waals surface area (Å²) in [6.07, 6.45) is 4.98. The smallest absolute Gasteiger partial charge is 0.325 e. The Balaban J connectivity index is 2.05. The average molecular weight is 240 g/mol. The highest BCUT2D eigenvalue weighted by atomic mass is 16.5. The highest BCUT2D eigenvalue weighted by Crippen LogP contribution is 2.39. The number of carbonyl (C=O) groups is 1. The molecule has 2 unspecified atom stereocenters. The number of hydrogen-bond donors (Lipinski definition) is 1. The van der Waals surface area contributed by atoms with Gasteiger partial charge >= 0.3 is 5.97 Å². The van der Waals surface area contributed by atoms with Crippen LogP contribution < -0.4 is 5.73 Å². The van der Waals surface area contributed by atoms with Crippen LogP contribution in [0.2, 0.25) is 0 Å². The number of nitrogens with two attached hydrogens (primary N) is 1. The minimum Gasteiger partial charge on any atom is -0.468 e. The molecule has 0 amide bonds. The van der Waals surface area contributed by atoms with E-state index in [-0.39, 0.29) is 11.5 Å². The summed E-state index contributed by atoms with van der Waals surface area (Å²) in [5.74, 6) is -0.253. The van der Waals surface area contributed by atoms with Crippen LogP contribution in [0, 0.1) is 0 Å². The Kier molecular flexibility index (Phi) is 3.21. The van der Waals surface area contributed by atoms with Gasteiger partial charge in [0.25, 0.3) is 0 Å². The van der Waals surface area contributed by atoms with Crippen LogP contribution in [0.4, 0.5) is 0 Å². The Bertz CT molecular complexity index is 317. The molecule has 2 rings (SSSR count). The number of rotatable bonds is 2. The van der Waals surface area contributed by atoms with Gasteiger partial charge in [-0.15, -0.1) is 0 Å². The van der Waals surface area contributed by atoms with Crippen molar-refractivity contribution < 1.29 is 9.53 Å². The SMILES string of the molecule is COC(=O)C1(N)CCC(N2CCCC2(C)C)C1. The Morgan fingerprint density at radius 3 is 2.65 bits per heavy atom. The normalized spacial score (nSPS) is 37.3. The maximum absolute atomic E-state index is 11.7. The lowest BCUT2D eigenvalue weighted by Gasteiger charge is -2.37. The third-order valence-corrected chi connectivity index (χ3v) is 4.52. The van der Waals surface area contributed by atoms with Crippen LogP contribution in [-0.4, -0.2) is 41.6 Å². The third-order valence-electron chi connectivity index (χ3n) is 4.52. The highest BCUT2D eigenvalue weighted by molar-refractivity contribution is 5.81. The van der Waals surface area contributed by atoms with E-state index in [1.165, 1.54) is 20.0 Å². The van der Waals surface area contributed by atoms with Gasteiger partial charge in [-0.25, -0.2) is 0 Å². The molecule has 98 valence electrons. The van der Waals surface area contributed by atoms with Crippen molar-refractivity contribution in [3.8, 4) is 0 Å². The molecule has 0 radical (unpaired) electrons. The van der Waals surface area contributed by atoms with Crippen molar-refractivity contribution in [3.05, 3.63) is 0 Å². The first-order valence-electron chi connectivity index (χ1n) is 6.53. The Morgan fingerprint density at radius 1 is 1.41 bits per heavy atom. The molecule has 2 aliphatic rings. The zero-order valence-electron chi connectivity index (χ0n) is 11.2. The molecule has 0 aromatic carbocycles. The van der Waals surface area contributed by atoms with Crippen molar-refractivity contribution in [2.45, 2.75) is 63.1 Å². The van der Waals surface area contributed by atoms with Gasteiger partial charge in [0.05, 0.1) is 7.11 Å². The van der Waals surface area contributed by atoms with Crippen molar-refractivity contribution in [1.82, 2.24) is 4.90 Å². The monoisotopic (exact) mass is 240 g/mol. The van der Waals surface area contributed by atoms with E-state index in [4.69, 9.17) is 10.5 Å². The lowest BCUT2D eigenvalue weighted by Crippen LogP contribution is -2.50. The fraction of sp³-hybridized carbons (Fsp3) is 0.923. The number of hydrogen-bond acceptors (Lipinski definition) is 4. The van der Waals surface area contributed by atoms with Crippen LogP contribution in [0.15, 0.2) is 0 Å². The highest BCUT2D eigenvalue weighted by Gasteiger charge is 2.48. The van der Waals surface area contributed by atoms with Crippen molar-refractivity contribution >= 4 is 5.97 Å². The lowest BCUT2D eigenvalue weighted by atomic mass is 9.97. The summed E-state index contributed by atoms with van der Waals surface area (Å²) >= 11 is 0. The molecule has 0 aromatic heterocycles. The van der Waals surface area contributed by atoms with Crippen LogP contribution in [0.1, 0.15) is 46.0 Å². The van der Waals surface area contributed by atoms with Crippen molar-refractivity contribution in [2.75, 3.05) is 13.7 Å². The van der Waals surface area contributed by atoms with Crippen LogP contribution in [0.25, 0.3) is 0 Å². The number of nitrogens with zero attached hydrogens (tertiary/aromatic N) is 1. The zero-order chi connectivity index (χ0) is 12.7. The summed E-state index contributed by atoms with van der Waals surface area (Å²) < 4.78 is 4.82. The van der Waals surface area contributed by atoms with Crippen LogP contribution in [0.5, 0.6) is 0 Å². The van der Waals surface area contributed by atoms with Gasteiger partial charge < -0.3 is 10.5 Å². The number of esters is 1. The van der Waals surface area contributed by atoms with E-state index in [9.17, 15) is 4.79 Å². The summed E-state index contributed by atoms with van der Waals surface area (Å²) in [7, 11) is 1.42. The first-order valence-corrected chi connectivity index (χ1v) is 6.53. The maximum atomic E-state index is 11.7. The molecule has 4 heteroatoms.